The van der Waals surface area contributed by atoms with Crippen molar-refractivity contribution in [3.63, 3.8) is 0 Å². The molecule has 0 radical (unpaired) electrons. The van der Waals surface area contributed by atoms with Crippen LogP contribution in [-0.2, 0) is 40.1 Å². The van der Waals surface area contributed by atoms with Crippen molar-refractivity contribution in [1.29, 1.82) is 5.26 Å². The molecule has 15 nitrogen and oxygen atoms in total. The van der Waals surface area contributed by atoms with Crippen molar-refractivity contribution in [1.82, 2.24) is 20.5 Å². The molecule has 0 bridgehead atoms. The number of thioether (sulfide) groups is 1. The lowest BCUT2D eigenvalue weighted by Crippen LogP contribution is -2.71. The number of carbonyl (C=O) groups is 5. The number of amides is 3. The van der Waals surface area contributed by atoms with E-state index in [0.717, 1.165) is 22.3 Å². The Kier molecular flexibility index (Phi) is 16.6. The third-order valence-corrected chi connectivity index (χ3v) is 10.6. The summed E-state index contributed by atoms with van der Waals surface area (Å²) in [6, 6.07) is 11.7. The molecule has 2 N–H and O–H groups in total. The zero-order valence-corrected chi connectivity index (χ0v) is 34.1. The number of thiophene rings is 1. The first-order valence-electron chi connectivity index (χ1n) is 16.1. The molecule has 292 valence electrons. The van der Waals surface area contributed by atoms with Gasteiger partial charge in [-0.25, -0.2) is 4.79 Å². The van der Waals surface area contributed by atoms with Gasteiger partial charge >= 0.3 is 11.9 Å². The van der Waals surface area contributed by atoms with Crippen LogP contribution in [0.1, 0.15) is 42.4 Å². The van der Waals surface area contributed by atoms with Crippen LogP contribution in [0.25, 0.3) is 11.1 Å². The quantitative estimate of drug-likeness (QED) is 0.0371. The van der Waals surface area contributed by atoms with Crippen LogP contribution in [0.2, 0.25) is 0 Å². The molecular formula is C36H38FIN6O9S2. The fourth-order valence-electron chi connectivity index (χ4n) is 4.98. The summed E-state index contributed by atoms with van der Waals surface area (Å²) >= 11 is 4.88. The lowest BCUT2D eigenvalue weighted by Gasteiger charge is -2.49. The fourth-order valence-corrected chi connectivity index (χ4v) is 8.13. The number of β-lactam (4-membered cyclic amide) rings is 1. The van der Waals surface area contributed by atoms with Crippen molar-refractivity contribution in [2.24, 2.45) is 5.16 Å². The van der Waals surface area contributed by atoms with Crippen molar-refractivity contribution in [3.05, 3.63) is 81.9 Å². The number of halogens is 2. The maximum Gasteiger partial charge on any atom is 0.355 e. The summed E-state index contributed by atoms with van der Waals surface area (Å²) in [6.07, 6.45) is 4.58. The number of methoxy groups -OCH3 is 1. The molecule has 2 unspecified atom stereocenters. The highest BCUT2D eigenvalue weighted by Gasteiger charge is 2.54. The second-order valence-electron chi connectivity index (χ2n) is 12.4. The van der Waals surface area contributed by atoms with Crippen molar-refractivity contribution in [2.75, 3.05) is 24.4 Å². The van der Waals surface area contributed by atoms with Gasteiger partial charge in [0.25, 0.3) is 17.7 Å². The number of benzene rings is 1. The smallest absolute Gasteiger partial charge is 0.355 e. The van der Waals surface area contributed by atoms with Gasteiger partial charge in [-0.2, -0.15) is 5.26 Å². The lowest BCUT2D eigenvalue weighted by atomic mass is 10.0. The van der Waals surface area contributed by atoms with Gasteiger partial charge in [0, 0.05) is 22.6 Å². The summed E-state index contributed by atoms with van der Waals surface area (Å²) in [5.41, 5.74) is 2.74. The number of nitrogens with zero attached hydrogens (tertiary/aromatic N) is 4. The number of aromatic nitrogens is 1. The zero-order chi connectivity index (χ0) is 39.4. The normalized spacial score (nSPS) is 16.1. The molecule has 2 aliphatic rings. The molecule has 0 aliphatic carbocycles. The van der Waals surface area contributed by atoms with Crippen LogP contribution in [0.4, 0.5) is 4.70 Å². The Labute approximate surface area is 338 Å². The molecule has 1 aromatic carbocycles. The molecule has 0 saturated carbocycles. The van der Waals surface area contributed by atoms with Crippen LogP contribution in [0.15, 0.2) is 76.7 Å². The minimum absolute atomic E-state index is 0. The molecule has 5 rings (SSSR count). The highest BCUT2D eigenvalue weighted by atomic mass is 127. The number of oxime groups is 1. The molecule has 2 aromatic heterocycles. The van der Waals surface area contributed by atoms with E-state index in [4.69, 9.17) is 24.3 Å². The number of nitriles is 1. The maximum absolute atomic E-state index is 13.1. The second-order valence-corrected chi connectivity index (χ2v) is 15.1. The largest absolute Gasteiger partial charge is 0.497 e. The van der Waals surface area contributed by atoms with E-state index in [2.05, 4.69) is 43.4 Å². The Hall–Kier alpha value is -5.07. The number of fused-ring (bicyclic) bond motifs is 1. The van der Waals surface area contributed by atoms with E-state index in [1.165, 1.54) is 35.1 Å². The van der Waals surface area contributed by atoms with Crippen LogP contribution >= 0.6 is 45.7 Å². The Morgan fingerprint density at radius 3 is 2.38 bits per heavy atom. The van der Waals surface area contributed by atoms with E-state index in [-0.39, 0.29) is 28.6 Å². The van der Waals surface area contributed by atoms with E-state index in [0.29, 0.717) is 20.8 Å². The predicted octanol–water partition coefficient (Wildman–Crippen LogP) is 4.74. The molecule has 1 saturated heterocycles. The number of hydrogen-bond donors (Lipinski definition) is 2. The first-order valence-corrected chi connectivity index (χ1v) is 19.6. The van der Waals surface area contributed by atoms with Crippen molar-refractivity contribution in [3.8, 4) is 23.1 Å². The van der Waals surface area contributed by atoms with Gasteiger partial charge in [0.1, 0.15) is 42.2 Å². The molecule has 3 amide bonds. The standard InChI is InChI=1S/C25H30IN3O8S.C11H7N3OS.FH/c1-25(2,3)37-18(30)10-17(28-35-5)21(31)27-19-22(32)29-20(15(11-26)13-38-23(19)29)24(33)36-12-14-6-8-16(34-4)9-7-14;12-7-14-11(15)10-5-9(6-16-10)8-1-3-13-4-2-8;/h6-9,19,23H,10-13H2,1-5H3,(H,27,31);1-6H,(H,14,15);1H/b28-17+;;. The average Bonchev–Trinajstić information content (AvgIpc) is 3.66. The number of carbonyl (C=O) groups excluding carboxylic acids is 5. The summed E-state index contributed by atoms with van der Waals surface area (Å²) in [6.45, 7) is 5.15. The molecule has 0 spiro atoms. The van der Waals surface area contributed by atoms with E-state index >= 15 is 0 Å². The fraction of sp³-hybridized carbons (Fsp3) is 0.333. The second kappa shape index (κ2) is 20.6. The monoisotopic (exact) mass is 908 g/mol. The SMILES string of the molecule is CO/N=C(\CC(=O)OC(C)(C)C)C(=O)NC1C(=O)N2C(C(=O)OCc3ccc(OC)cc3)=C(CI)CSC12.F.N#CNC(=O)c1cc(-c2ccncc2)cs1. The molecule has 1 fully saturated rings. The van der Waals surface area contributed by atoms with Gasteiger partial charge in [-0.3, -0.25) is 39.1 Å². The summed E-state index contributed by atoms with van der Waals surface area (Å²) in [4.78, 5) is 73.2. The number of rotatable bonds is 12. The molecule has 4 heterocycles. The molecule has 2 aliphatic heterocycles. The van der Waals surface area contributed by atoms with Crippen LogP contribution in [0.3, 0.4) is 0 Å². The van der Waals surface area contributed by atoms with Crippen molar-refractivity contribution in [2.45, 2.75) is 50.8 Å². The summed E-state index contributed by atoms with van der Waals surface area (Å²) < 4.78 is 16.4. The van der Waals surface area contributed by atoms with Crippen LogP contribution < -0.4 is 15.4 Å². The summed E-state index contributed by atoms with van der Waals surface area (Å²) in [5, 5.41) is 18.1. The first-order chi connectivity index (χ1) is 25.8. The number of ether oxygens (including phenoxy) is 3. The van der Waals surface area contributed by atoms with Gasteiger partial charge in [0.05, 0.1) is 18.4 Å². The Morgan fingerprint density at radius 2 is 1.78 bits per heavy atom. The van der Waals surface area contributed by atoms with Gasteiger partial charge in [0.2, 0.25) is 0 Å². The highest BCUT2D eigenvalue weighted by Crippen LogP contribution is 2.41. The number of hydrogen-bond acceptors (Lipinski definition) is 14. The van der Waals surface area contributed by atoms with Crippen LogP contribution in [0, 0.1) is 11.5 Å². The number of esters is 2. The molecule has 2 atom stereocenters. The van der Waals surface area contributed by atoms with Gasteiger partial charge in [-0.05, 0) is 78.7 Å². The van der Waals surface area contributed by atoms with Gasteiger partial charge in [-0.1, -0.05) is 39.9 Å². The van der Waals surface area contributed by atoms with E-state index in [1.54, 1.807) is 76.8 Å². The number of pyridine rings is 1. The summed E-state index contributed by atoms with van der Waals surface area (Å²) in [7, 11) is 2.81. The Balaban J connectivity index is 0.000000397. The Morgan fingerprint density at radius 1 is 1.09 bits per heavy atom. The number of nitrogens with one attached hydrogen (secondary N) is 2. The Bertz CT molecular complexity index is 1960. The van der Waals surface area contributed by atoms with E-state index < -0.39 is 47.2 Å². The zero-order valence-electron chi connectivity index (χ0n) is 30.3. The van der Waals surface area contributed by atoms with Gasteiger partial charge in [-0.15, -0.1) is 23.1 Å². The molecule has 19 heteroatoms. The lowest BCUT2D eigenvalue weighted by molar-refractivity contribution is -0.154. The molecular weight excluding hydrogens is 870 g/mol. The van der Waals surface area contributed by atoms with Gasteiger partial charge in [0.15, 0.2) is 11.9 Å². The van der Waals surface area contributed by atoms with Crippen LogP contribution in [0.5, 0.6) is 5.75 Å². The van der Waals surface area contributed by atoms with Gasteiger partial charge < -0.3 is 24.4 Å². The topological polar surface area (TPSA) is 199 Å². The summed E-state index contributed by atoms with van der Waals surface area (Å²) in [5.74, 6) is -1.64. The highest BCUT2D eigenvalue weighted by molar-refractivity contribution is 14.1. The maximum atomic E-state index is 13.1. The van der Waals surface area contributed by atoms with E-state index in [9.17, 15) is 24.0 Å². The minimum atomic E-state index is -0.909. The minimum Gasteiger partial charge on any atom is -0.497 e. The number of alkyl halides is 1. The third kappa shape index (κ3) is 12.0. The molecule has 3 aromatic rings. The van der Waals surface area contributed by atoms with Crippen molar-refractivity contribution >= 4 is 81.1 Å². The van der Waals surface area contributed by atoms with Crippen molar-refractivity contribution < 1.29 is 47.7 Å². The van der Waals surface area contributed by atoms with E-state index in [1.807, 2.05) is 17.5 Å². The average molecular weight is 909 g/mol. The molecule has 55 heavy (non-hydrogen) atoms. The van der Waals surface area contributed by atoms with Crippen LogP contribution in [-0.4, -0.2) is 86.7 Å². The predicted molar refractivity (Wildman–Crippen MR) is 212 cm³/mol. The third-order valence-electron chi connectivity index (χ3n) is 7.42. The first kappa shape index (κ1) is 44.3.